The molecule has 0 radical (unpaired) electrons. The van der Waals surface area contributed by atoms with Crippen molar-refractivity contribution in [2.45, 2.75) is 26.4 Å². The Morgan fingerprint density at radius 3 is 2.48 bits per heavy atom. The van der Waals surface area contributed by atoms with Crippen LogP contribution in [0.15, 0.2) is 6.07 Å². The quantitative estimate of drug-likeness (QED) is 0.581. The van der Waals surface area contributed by atoms with Crippen molar-refractivity contribution in [1.29, 1.82) is 0 Å². The fraction of sp³-hybridized carbons (Fsp3) is 0.667. The summed E-state index contributed by atoms with van der Waals surface area (Å²) in [6.45, 7) is 4.48. The smallest absolute Gasteiger partial charge is 0.369 e. The first kappa shape index (κ1) is 19.4. The maximum absolute atomic E-state index is 12.0. The highest BCUT2D eigenvalue weighted by Crippen LogP contribution is 2.19. The van der Waals surface area contributed by atoms with Gasteiger partial charge in [-0.05, 0) is 13.8 Å². The second-order valence-corrected chi connectivity index (χ2v) is 6.68. The van der Waals surface area contributed by atoms with Crippen molar-refractivity contribution in [3.05, 3.63) is 11.8 Å². The third kappa shape index (κ3) is 8.55. The van der Waals surface area contributed by atoms with Gasteiger partial charge >= 0.3 is 6.18 Å². The Bertz CT molecular complexity index is 607. The van der Waals surface area contributed by atoms with Gasteiger partial charge in [0.25, 0.3) is 0 Å². The molecule has 3 N–H and O–H groups in total. The lowest BCUT2D eigenvalue weighted by Crippen LogP contribution is -2.32. The zero-order valence-electron chi connectivity index (χ0n) is 12.9. The molecule has 0 amide bonds. The summed E-state index contributed by atoms with van der Waals surface area (Å²) in [4.78, 5) is 8.32. The van der Waals surface area contributed by atoms with Crippen LogP contribution in [-0.2, 0) is 10.0 Å². The topological polar surface area (TPSA) is 96.0 Å². The van der Waals surface area contributed by atoms with Crippen molar-refractivity contribution >= 4 is 21.8 Å². The van der Waals surface area contributed by atoms with Gasteiger partial charge in [0.15, 0.2) is 0 Å². The van der Waals surface area contributed by atoms with Crippen LogP contribution in [0.1, 0.15) is 19.0 Å². The van der Waals surface area contributed by atoms with E-state index in [2.05, 4.69) is 25.3 Å². The zero-order chi connectivity index (χ0) is 17.5. The number of halogens is 3. The monoisotopic (exact) mass is 355 g/mol. The van der Waals surface area contributed by atoms with Crippen molar-refractivity contribution in [2.24, 2.45) is 0 Å². The lowest BCUT2D eigenvalue weighted by molar-refractivity contribution is -0.129. The number of aromatic nitrogens is 2. The second-order valence-electron chi connectivity index (χ2n) is 4.75. The molecule has 0 spiro atoms. The minimum Gasteiger partial charge on any atom is -0.369 e. The average Bonchev–Trinajstić information content (AvgIpc) is 2.41. The normalized spacial score (nSPS) is 12.2. The van der Waals surface area contributed by atoms with Gasteiger partial charge in [0, 0.05) is 31.4 Å². The third-order valence-electron chi connectivity index (χ3n) is 2.60. The number of sulfonamides is 1. The van der Waals surface area contributed by atoms with Crippen LogP contribution < -0.4 is 15.4 Å². The van der Waals surface area contributed by atoms with Gasteiger partial charge in [-0.2, -0.15) is 18.2 Å². The number of nitrogens with zero attached hydrogens (tertiary/aromatic N) is 2. The van der Waals surface area contributed by atoms with E-state index in [0.29, 0.717) is 18.3 Å². The van der Waals surface area contributed by atoms with Gasteiger partial charge in [0.2, 0.25) is 16.0 Å². The summed E-state index contributed by atoms with van der Waals surface area (Å²) in [6.07, 6.45) is -5.86. The first-order chi connectivity index (χ1) is 10.6. The fourth-order valence-electron chi connectivity index (χ4n) is 1.62. The number of alkyl halides is 3. The molecule has 0 atom stereocenters. The van der Waals surface area contributed by atoms with Crippen LogP contribution in [-0.4, -0.2) is 49.9 Å². The lowest BCUT2D eigenvalue weighted by Gasteiger charge is -2.11. The molecule has 7 nitrogen and oxygen atoms in total. The summed E-state index contributed by atoms with van der Waals surface area (Å²) >= 11 is 0. The fourth-order valence-corrected chi connectivity index (χ4v) is 2.67. The van der Waals surface area contributed by atoms with Gasteiger partial charge in [-0.15, -0.1) is 0 Å². The molecule has 11 heteroatoms. The molecule has 1 rings (SSSR count). The second kappa shape index (κ2) is 8.29. The van der Waals surface area contributed by atoms with E-state index in [1.807, 2.05) is 6.92 Å². The molecular weight excluding hydrogens is 335 g/mol. The van der Waals surface area contributed by atoms with E-state index in [-0.39, 0.29) is 13.1 Å². The van der Waals surface area contributed by atoms with Gasteiger partial charge in [-0.1, -0.05) is 0 Å². The maximum atomic E-state index is 12.0. The van der Waals surface area contributed by atoms with Gasteiger partial charge in [0.1, 0.15) is 5.82 Å². The van der Waals surface area contributed by atoms with Crippen LogP contribution in [0.2, 0.25) is 0 Å². The zero-order valence-corrected chi connectivity index (χ0v) is 13.7. The molecule has 1 aromatic heterocycles. The first-order valence-corrected chi connectivity index (χ1v) is 8.64. The lowest BCUT2D eigenvalue weighted by atomic mass is 10.4. The van der Waals surface area contributed by atoms with Crippen LogP contribution in [0.3, 0.4) is 0 Å². The van der Waals surface area contributed by atoms with Crippen LogP contribution in [0.25, 0.3) is 0 Å². The highest BCUT2D eigenvalue weighted by Gasteiger charge is 2.29. The van der Waals surface area contributed by atoms with Crippen molar-refractivity contribution in [2.75, 3.05) is 36.0 Å². The van der Waals surface area contributed by atoms with E-state index in [1.54, 1.807) is 13.0 Å². The van der Waals surface area contributed by atoms with E-state index in [1.165, 1.54) is 0 Å². The Kier molecular flexibility index (Phi) is 7.01. The average molecular weight is 355 g/mol. The molecule has 0 aliphatic heterocycles. The number of hydrogen-bond donors (Lipinski definition) is 3. The van der Waals surface area contributed by atoms with Gasteiger partial charge < -0.3 is 10.6 Å². The third-order valence-corrected chi connectivity index (χ3v) is 3.98. The highest BCUT2D eigenvalue weighted by molar-refractivity contribution is 7.89. The van der Waals surface area contributed by atoms with Crippen LogP contribution in [0.5, 0.6) is 0 Å². The van der Waals surface area contributed by atoms with Crippen molar-refractivity contribution in [1.82, 2.24) is 14.7 Å². The Balaban J connectivity index is 2.42. The molecular formula is C12H20F3N5O2S. The largest absolute Gasteiger partial charge is 0.390 e. The molecule has 0 aliphatic carbocycles. The first-order valence-electron chi connectivity index (χ1n) is 6.99. The molecule has 0 aliphatic rings. The predicted molar refractivity (Wildman–Crippen MR) is 81.9 cm³/mol. The van der Waals surface area contributed by atoms with E-state index in [4.69, 9.17) is 0 Å². The van der Waals surface area contributed by atoms with Gasteiger partial charge in [0.05, 0.1) is 12.2 Å². The molecule has 0 aromatic carbocycles. The van der Waals surface area contributed by atoms with Crippen LogP contribution in [0.4, 0.5) is 24.9 Å². The summed E-state index contributed by atoms with van der Waals surface area (Å²) < 4.78 is 61.0. The molecule has 0 bridgehead atoms. The summed E-state index contributed by atoms with van der Waals surface area (Å²) in [7, 11) is -3.95. The summed E-state index contributed by atoms with van der Waals surface area (Å²) in [5.41, 5.74) is 0.726. The summed E-state index contributed by atoms with van der Waals surface area (Å²) in [5, 5.41) is 5.84. The molecule has 23 heavy (non-hydrogen) atoms. The van der Waals surface area contributed by atoms with Crippen LogP contribution >= 0.6 is 0 Å². The number of rotatable bonds is 9. The van der Waals surface area contributed by atoms with E-state index in [0.717, 1.165) is 5.69 Å². The highest BCUT2D eigenvalue weighted by atomic mass is 32.2. The summed E-state index contributed by atoms with van der Waals surface area (Å²) in [5.74, 6) is -0.0306. The molecule has 1 aromatic rings. The molecule has 0 saturated carbocycles. The molecule has 0 unspecified atom stereocenters. The number of aryl methyl sites for hydroxylation is 1. The Labute approximate surface area is 133 Å². The van der Waals surface area contributed by atoms with Crippen LogP contribution in [0, 0.1) is 6.92 Å². The number of nitrogens with one attached hydrogen (secondary N) is 3. The van der Waals surface area contributed by atoms with Crippen molar-refractivity contribution in [3.63, 3.8) is 0 Å². The minimum atomic E-state index is -4.49. The van der Waals surface area contributed by atoms with E-state index < -0.39 is 28.4 Å². The van der Waals surface area contributed by atoms with Gasteiger partial charge in [-0.25, -0.2) is 18.1 Å². The molecule has 0 fully saturated rings. The predicted octanol–water partition coefficient (Wildman–Crippen LogP) is 1.50. The molecule has 132 valence electrons. The van der Waals surface area contributed by atoms with Gasteiger partial charge in [-0.3, -0.25) is 0 Å². The number of anilines is 2. The number of hydrogen-bond acceptors (Lipinski definition) is 6. The molecule has 0 saturated heterocycles. The van der Waals surface area contributed by atoms with E-state index in [9.17, 15) is 21.6 Å². The summed E-state index contributed by atoms with van der Waals surface area (Å²) in [6, 6.07) is 1.68. The Morgan fingerprint density at radius 2 is 1.87 bits per heavy atom. The Morgan fingerprint density at radius 1 is 1.17 bits per heavy atom. The SMILES string of the molecule is CCNc1nc(C)cc(NCCNS(=O)(=O)CCC(F)(F)F)n1. The Hall–Kier alpha value is -1.62. The standard InChI is InChI=1S/C12H20F3N5O2S/c1-3-16-11-19-9(2)8-10(20-11)17-5-6-18-23(21,22)7-4-12(13,14)15/h8,18H,3-7H2,1-2H3,(H2,16,17,19,20). The van der Waals surface area contributed by atoms with E-state index >= 15 is 0 Å². The van der Waals surface area contributed by atoms with Crippen molar-refractivity contribution in [3.8, 4) is 0 Å². The molecule has 1 heterocycles. The minimum absolute atomic E-state index is 0.0419. The van der Waals surface area contributed by atoms with Crippen molar-refractivity contribution < 1.29 is 21.6 Å². The maximum Gasteiger partial charge on any atom is 0.390 e.